The number of likely N-dealkylation sites (tertiary alicyclic amines) is 1. The molecule has 0 aromatic heterocycles. The Labute approximate surface area is 93.7 Å². The number of hydrogen-bond acceptors (Lipinski definition) is 3. The average molecular weight is 233 g/mol. The van der Waals surface area contributed by atoms with Crippen LogP contribution in [0.2, 0.25) is 0 Å². The van der Waals surface area contributed by atoms with E-state index in [4.69, 9.17) is 9.47 Å². The standard InChI is InChI=1S/C11H17F2NO2/c12-10(13)7-14(8-10)9-1-3-11(4-2-9)15-5-6-16-11/h9H,1-8H2. The zero-order valence-corrected chi connectivity index (χ0v) is 9.25. The van der Waals surface area contributed by atoms with Gasteiger partial charge in [-0.25, -0.2) is 8.78 Å². The Balaban J connectivity index is 1.51. The van der Waals surface area contributed by atoms with Crippen LogP contribution in [0.1, 0.15) is 25.7 Å². The van der Waals surface area contributed by atoms with Gasteiger partial charge in [0, 0.05) is 18.9 Å². The van der Waals surface area contributed by atoms with Gasteiger partial charge in [0.2, 0.25) is 0 Å². The summed E-state index contributed by atoms with van der Waals surface area (Å²) in [6.07, 6.45) is 3.52. The molecule has 16 heavy (non-hydrogen) atoms. The Bertz CT molecular complexity index is 261. The van der Waals surface area contributed by atoms with Crippen LogP contribution in [0, 0.1) is 0 Å². The summed E-state index contributed by atoms with van der Waals surface area (Å²) in [5.41, 5.74) is 0. The third kappa shape index (κ3) is 1.85. The summed E-state index contributed by atoms with van der Waals surface area (Å²) in [6, 6.07) is 0.304. The highest BCUT2D eigenvalue weighted by Crippen LogP contribution is 2.40. The number of rotatable bonds is 1. The van der Waals surface area contributed by atoms with E-state index in [9.17, 15) is 8.78 Å². The molecular formula is C11H17F2NO2. The van der Waals surface area contributed by atoms with Gasteiger partial charge in [0.15, 0.2) is 5.79 Å². The van der Waals surface area contributed by atoms with Crippen molar-refractivity contribution in [1.29, 1.82) is 0 Å². The van der Waals surface area contributed by atoms with E-state index in [0.717, 1.165) is 25.7 Å². The van der Waals surface area contributed by atoms with E-state index in [2.05, 4.69) is 0 Å². The molecule has 1 saturated carbocycles. The van der Waals surface area contributed by atoms with Crippen molar-refractivity contribution in [1.82, 2.24) is 4.90 Å². The van der Waals surface area contributed by atoms with Crippen LogP contribution in [-0.4, -0.2) is 49.0 Å². The van der Waals surface area contributed by atoms with Crippen LogP contribution >= 0.6 is 0 Å². The number of halogens is 2. The largest absolute Gasteiger partial charge is 0.348 e. The second-order valence-corrected chi connectivity index (χ2v) is 5.10. The van der Waals surface area contributed by atoms with Crippen molar-refractivity contribution in [2.45, 2.75) is 43.4 Å². The Morgan fingerprint density at radius 1 is 1.00 bits per heavy atom. The van der Waals surface area contributed by atoms with E-state index in [1.807, 2.05) is 4.90 Å². The summed E-state index contributed by atoms with van der Waals surface area (Å²) in [5.74, 6) is -2.82. The summed E-state index contributed by atoms with van der Waals surface area (Å²) in [4.78, 5) is 1.89. The predicted octanol–water partition coefficient (Wildman–Crippen LogP) is 1.62. The lowest BCUT2D eigenvalue weighted by Crippen LogP contribution is -2.61. The first-order valence-electron chi connectivity index (χ1n) is 5.98. The van der Waals surface area contributed by atoms with Crippen LogP contribution in [0.5, 0.6) is 0 Å². The monoisotopic (exact) mass is 233 g/mol. The molecular weight excluding hydrogens is 216 g/mol. The maximum atomic E-state index is 12.7. The van der Waals surface area contributed by atoms with Crippen molar-refractivity contribution in [2.24, 2.45) is 0 Å². The molecule has 2 saturated heterocycles. The van der Waals surface area contributed by atoms with Crippen LogP contribution in [0.4, 0.5) is 8.78 Å². The Kier molecular flexibility index (Phi) is 2.46. The van der Waals surface area contributed by atoms with Gasteiger partial charge < -0.3 is 9.47 Å². The van der Waals surface area contributed by atoms with Crippen LogP contribution in [-0.2, 0) is 9.47 Å². The maximum absolute atomic E-state index is 12.7. The minimum absolute atomic E-state index is 0.0631. The topological polar surface area (TPSA) is 21.7 Å². The fourth-order valence-corrected chi connectivity index (χ4v) is 3.00. The molecule has 92 valence electrons. The summed E-state index contributed by atoms with van der Waals surface area (Å²) < 4.78 is 36.7. The van der Waals surface area contributed by atoms with E-state index in [1.165, 1.54) is 0 Å². The Hall–Kier alpha value is -0.260. The minimum atomic E-state index is -2.45. The van der Waals surface area contributed by atoms with Gasteiger partial charge in [-0.1, -0.05) is 0 Å². The number of nitrogens with zero attached hydrogens (tertiary/aromatic N) is 1. The number of hydrogen-bond donors (Lipinski definition) is 0. The maximum Gasteiger partial charge on any atom is 0.272 e. The Morgan fingerprint density at radius 3 is 2.06 bits per heavy atom. The molecule has 0 radical (unpaired) electrons. The summed E-state index contributed by atoms with van der Waals surface area (Å²) >= 11 is 0. The smallest absolute Gasteiger partial charge is 0.272 e. The van der Waals surface area contributed by atoms with E-state index >= 15 is 0 Å². The number of ether oxygens (including phenoxy) is 2. The molecule has 2 aliphatic heterocycles. The molecule has 1 aliphatic carbocycles. The van der Waals surface area contributed by atoms with Gasteiger partial charge in [-0.05, 0) is 12.8 Å². The van der Waals surface area contributed by atoms with Crippen molar-refractivity contribution < 1.29 is 18.3 Å². The van der Waals surface area contributed by atoms with Crippen molar-refractivity contribution in [3.05, 3.63) is 0 Å². The lowest BCUT2D eigenvalue weighted by Gasteiger charge is -2.47. The van der Waals surface area contributed by atoms with Gasteiger partial charge in [0.1, 0.15) is 0 Å². The zero-order chi connectivity index (χ0) is 11.2. The quantitative estimate of drug-likeness (QED) is 0.687. The molecule has 0 bridgehead atoms. The van der Waals surface area contributed by atoms with Gasteiger partial charge in [-0.2, -0.15) is 0 Å². The highest BCUT2D eigenvalue weighted by Gasteiger charge is 2.49. The fraction of sp³-hybridized carbons (Fsp3) is 1.00. The average Bonchev–Trinajstić information content (AvgIpc) is 2.64. The molecule has 3 rings (SSSR count). The van der Waals surface area contributed by atoms with Crippen LogP contribution in [0.25, 0.3) is 0 Å². The van der Waals surface area contributed by atoms with Gasteiger partial charge in [-0.15, -0.1) is 0 Å². The molecule has 3 aliphatic rings. The van der Waals surface area contributed by atoms with Crippen molar-refractivity contribution in [2.75, 3.05) is 26.3 Å². The second kappa shape index (κ2) is 3.62. The molecule has 0 unspecified atom stereocenters. The first-order chi connectivity index (χ1) is 7.59. The van der Waals surface area contributed by atoms with E-state index in [0.29, 0.717) is 19.3 Å². The third-order valence-electron chi connectivity index (χ3n) is 3.92. The predicted molar refractivity (Wildman–Crippen MR) is 53.4 cm³/mol. The second-order valence-electron chi connectivity index (χ2n) is 5.10. The van der Waals surface area contributed by atoms with Gasteiger partial charge >= 0.3 is 0 Å². The normalized spacial score (nSPS) is 34.1. The molecule has 0 amide bonds. The third-order valence-corrected chi connectivity index (χ3v) is 3.92. The summed E-state index contributed by atoms with van der Waals surface area (Å²) in [5, 5.41) is 0. The lowest BCUT2D eigenvalue weighted by molar-refractivity contribution is -0.200. The van der Waals surface area contributed by atoms with Crippen molar-refractivity contribution in [3.63, 3.8) is 0 Å². The highest BCUT2D eigenvalue weighted by molar-refractivity contribution is 4.95. The molecule has 0 aromatic rings. The molecule has 3 nitrogen and oxygen atoms in total. The van der Waals surface area contributed by atoms with E-state index in [-0.39, 0.29) is 18.9 Å². The van der Waals surface area contributed by atoms with Crippen LogP contribution < -0.4 is 0 Å². The molecule has 1 spiro atoms. The van der Waals surface area contributed by atoms with Crippen LogP contribution in [0.15, 0.2) is 0 Å². The molecule has 3 fully saturated rings. The lowest BCUT2D eigenvalue weighted by atomic mass is 9.87. The van der Waals surface area contributed by atoms with Gasteiger partial charge in [-0.3, -0.25) is 4.90 Å². The molecule has 0 atom stereocenters. The first-order valence-corrected chi connectivity index (χ1v) is 5.98. The molecule has 0 N–H and O–H groups in total. The van der Waals surface area contributed by atoms with Crippen LogP contribution in [0.3, 0.4) is 0 Å². The van der Waals surface area contributed by atoms with E-state index < -0.39 is 5.92 Å². The van der Waals surface area contributed by atoms with Gasteiger partial charge in [0.05, 0.1) is 26.3 Å². The first kappa shape index (κ1) is 10.9. The highest BCUT2D eigenvalue weighted by atomic mass is 19.3. The molecule has 2 heterocycles. The molecule has 0 aromatic carbocycles. The zero-order valence-electron chi connectivity index (χ0n) is 9.25. The Morgan fingerprint density at radius 2 is 1.56 bits per heavy atom. The molecule has 5 heteroatoms. The van der Waals surface area contributed by atoms with Crippen molar-refractivity contribution >= 4 is 0 Å². The summed E-state index contributed by atoms with van der Waals surface area (Å²) in [6.45, 7) is 1.22. The SMILES string of the molecule is FC1(F)CN(C2CCC3(CC2)OCCO3)C1. The fourth-order valence-electron chi connectivity index (χ4n) is 3.00. The number of alkyl halides is 2. The van der Waals surface area contributed by atoms with E-state index in [1.54, 1.807) is 0 Å². The summed E-state index contributed by atoms with van der Waals surface area (Å²) in [7, 11) is 0. The van der Waals surface area contributed by atoms with Crippen molar-refractivity contribution in [3.8, 4) is 0 Å². The minimum Gasteiger partial charge on any atom is -0.348 e. The van der Waals surface area contributed by atoms with Gasteiger partial charge in [0.25, 0.3) is 5.92 Å².